The molecule has 0 aliphatic rings. The average molecular weight is 375 g/mol. The van der Waals surface area contributed by atoms with Crippen LogP contribution in [0.1, 0.15) is 25.0 Å². The van der Waals surface area contributed by atoms with Crippen molar-refractivity contribution >= 4 is 33.0 Å². The van der Waals surface area contributed by atoms with E-state index in [0.717, 1.165) is 22.5 Å². The molecule has 140 valence electrons. The second-order valence-corrected chi connectivity index (χ2v) is 8.27. The molecular formula is C19H25N3O3S. The standard InChI is InChI=1S/C19H25N3O3S/c1-5-26(24,25)22-17-9-7-16(8-10-17)20-15(4)19(23)21-18-11-6-13(2)12-14(18)3/h6-12,15,20,22H,5H2,1-4H3,(H,21,23). The number of hydrogen-bond donors (Lipinski definition) is 3. The Morgan fingerprint density at radius 3 is 2.23 bits per heavy atom. The van der Waals surface area contributed by atoms with Gasteiger partial charge in [0.15, 0.2) is 0 Å². The summed E-state index contributed by atoms with van der Waals surface area (Å²) in [5, 5.41) is 6.02. The Labute approximate surface area is 155 Å². The number of rotatable bonds is 7. The number of nitrogens with one attached hydrogen (secondary N) is 3. The number of carbonyl (C=O) groups excluding carboxylic acids is 1. The second kappa shape index (κ2) is 8.23. The molecule has 3 N–H and O–H groups in total. The zero-order valence-electron chi connectivity index (χ0n) is 15.5. The lowest BCUT2D eigenvalue weighted by Crippen LogP contribution is -2.32. The molecule has 0 spiro atoms. The fraction of sp³-hybridized carbons (Fsp3) is 0.316. The van der Waals surface area contributed by atoms with Crippen molar-refractivity contribution in [3.63, 3.8) is 0 Å². The topological polar surface area (TPSA) is 87.3 Å². The fourth-order valence-electron chi connectivity index (χ4n) is 2.40. The van der Waals surface area contributed by atoms with E-state index in [4.69, 9.17) is 0 Å². The van der Waals surface area contributed by atoms with Crippen LogP contribution in [0.15, 0.2) is 42.5 Å². The minimum absolute atomic E-state index is 0.0165. The smallest absolute Gasteiger partial charge is 0.246 e. The lowest BCUT2D eigenvalue weighted by Gasteiger charge is -2.17. The third kappa shape index (κ3) is 5.49. The summed E-state index contributed by atoms with van der Waals surface area (Å²) in [6.07, 6.45) is 0. The Kier molecular flexibility index (Phi) is 6.26. The molecule has 1 unspecified atom stereocenters. The number of aryl methyl sites for hydroxylation is 2. The molecule has 0 radical (unpaired) electrons. The van der Waals surface area contributed by atoms with Gasteiger partial charge in [-0.1, -0.05) is 17.7 Å². The van der Waals surface area contributed by atoms with Crippen molar-refractivity contribution in [3.8, 4) is 0 Å². The van der Waals surface area contributed by atoms with Gasteiger partial charge in [-0.25, -0.2) is 8.42 Å². The molecule has 0 aromatic heterocycles. The van der Waals surface area contributed by atoms with E-state index in [1.54, 1.807) is 38.1 Å². The van der Waals surface area contributed by atoms with Gasteiger partial charge < -0.3 is 10.6 Å². The van der Waals surface area contributed by atoms with Crippen LogP contribution in [0.3, 0.4) is 0 Å². The summed E-state index contributed by atoms with van der Waals surface area (Å²) in [5.74, 6) is -0.129. The summed E-state index contributed by atoms with van der Waals surface area (Å²) in [7, 11) is -3.30. The van der Waals surface area contributed by atoms with E-state index in [2.05, 4.69) is 15.4 Å². The summed E-state index contributed by atoms with van der Waals surface area (Å²) in [5.41, 5.74) is 4.17. The number of hydrogen-bond acceptors (Lipinski definition) is 4. The van der Waals surface area contributed by atoms with Crippen molar-refractivity contribution < 1.29 is 13.2 Å². The molecule has 0 saturated heterocycles. The number of carbonyl (C=O) groups is 1. The molecule has 0 aliphatic heterocycles. The van der Waals surface area contributed by atoms with Crippen LogP contribution >= 0.6 is 0 Å². The monoisotopic (exact) mass is 375 g/mol. The zero-order chi connectivity index (χ0) is 19.3. The van der Waals surface area contributed by atoms with Crippen LogP contribution in [0.25, 0.3) is 0 Å². The van der Waals surface area contributed by atoms with Gasteiger partial charge in [0.25, 0.3) is 0 Å². The Hall–Kier alpha value is -2.54. The molecule has 26 heavy (non-hydrogen) atoms. The molecular weight excluding hydrogens is 350 g/mol. The van der Waals surface area contributed by atoms with Crippen LogP contribution in [0.2, 0.25) is 0 Å². The molecule has 2 rings (SSSR count). The number of benzene rings is 2. The van der Waals surface area contributed by atoms with Gasteiger partial charge in [-0.05, 0) is 63.6 Å². The third-order valence-corrected chi connectivity index (χ3v) is 5.26. The maximum Gasteiger partial charge on any atom is 0.246 e. The van der Waals surface area contributed by atoms with Crippen molar-refractivity contribution in [3.05, 3.63) is 53.6 Å². The quantitative estimate of drug-likeness (QED) is 0.691. The van der Waals surface area contributed by atoms with Crippen LogP contribution in [0, 0.1) is 13.8 Å². The van der Waals surface area contributed by atoms with Gasteiger partial charge in [-0.15, -0.1) is 0 Å². The average Bonchev–Trinajstić information content (AvgIpc) is 2.58. The van der Waals surface area contributed by atoms with E-state index in [-0.39, 0.29) is 11.7 Å². The molecule has 0 heterocycles. The highest BCUT2D eigenvalue weighted by molar-refractivity contribution is 7.92. The summed E-state index contributed by atoms with van der Waals surface area (Å²) >= 11 is 0. The summed E-state index contributed by atoms with van der Waals surface area (Å²) in [6.45, 7) is 7.31. The number of sulfonamides is 1. The summed E-state index contributed by atoms with van der Waals surface area (Å²) < 4.78 is 25.6. The SMILES string of the molecule is CCS(=O)(=O)Nc1ccc(NC(C)C(=O)Nc2ccc(C)cc2C)cc1. The van der Waals surface area contributed by atoms with Crippen LogP contribution in [0.4, 0.5) is 17.1 Å². The van der Waals surface area contributed by atoms with Gasteiger partial charge in [0.05, 0.1) is 5.75 Å². The lowest BCUT2D eigenvalue weighted by atomic mass is 10.1. The van der Waals surface area contributed by atoms with E-state index in [1.165, 1.54) is 0 Å². The first-order chi connectivity index (χ1) is 12.2. The molecule has 6 nitrogen and oxygen atoms in total. The van der Waals surface area contributed by atoms with Crippen molar-refractivity contribution in [2.24, 2.45) is 0 Å². The maximum atomic E-state index is 12.4. The molecule has 1 atom stereocenters. The van der Waals surface area contributed by atoms with Crippen LogP contribution in [-0.4, -0.2) is 26.1 Å². The molecule has 2 aromatic carbocycles. The zero-order valence-corrected chi connectivity index (χ0v) is 16.3. The highest BCUT2D eigenvalue weighted by Gasteiger charge is 2.14. The minimum Gasteiger partial charge on any atom is -0.374 e. The molecule has 0 saturated carbocycles. The fourth-order valence-corrected chi connectivity index (χ4v) is 3.04. The third-order valence-electron chi connectivity index (χ3n) is 3.95. The van der Waals surface area contributed by atoms with E-state index in [0.29, 0.717) is 5.69 Å². The highest BCUT2D eigenvalue weighted by Crippen LogP contribution is 2.18. The van der Waals surface area contributed by atoms with Gasteiger partial charge in [0.1, 0.15) is 6.04 Å². The van der Waals surface area contributed by atoms with Crippen LogP contribution in [0.5, 0.6) is 0 Å². The van der Waals surface area contributed by atoms with Gasteiger partial charge in [-0.3, -0.25) is 9.52 Å². The van der Waals surface area contributed by atoms with E-state index >= 15 is 0 Å². The predicted octanol–water partition coefficient (Wildman–Crippen LogP) is 3.50. The molecule has 1 amide bonds. The van der Waals surface area contributed by atoms with Crippen molar-refractivity contribution in [1.29, 1.82) is 0 Å². The second-order valence-electron chi connectivity index (χ2n) is 6.26. The highest BCUT2D eigenvalue weighted by atomic mass is 32.2. The first-order valence-electron chi connectivity index (χ1n) is 8.45. The Bertz CT molecular complexity index is 877. The normalized spacial score (nSPS) is 12.3. The van der Waals surface area contributed by atoms with Crippen LogP contribution < -0.4 is 15.4 Å². The summed E-state index contributed by atoms with van der Waals surface area (Å²) in [4.78, 5) is 12.4. The Morgan fingerprint density at radius 1 is 1.04 bits per heavy atom. The van der Waals surface area contributed by atoms with Gasteiger partial charge >= 0.3 is 0 Å². The van der Waals surface area contributed by atoms with E-state index < -0.39 is 16.1 Å². The first-order valence-corrected chi connectivity index (χ1v) is 10.1. The minimum atomic E-state index is -3.30. The molecule has 0 aliphatic carbocycles. The molecule has 7 heteroatoms. The van der Waals surface area contributed by atoms with E-state index in [1.807, 2.05) is 32.0 Å². The van der Waals surface area contributed by atoms with Crippen molar-refractivity contribution in [2.75, 3.05) is 21.1 Å². The molecule has 0 bridgehead atoms. The largest absolute Gasteiger partial charge is 0.374 e. The van der Waals surface area contributed by atoms with Crippen molar-refractivity contribution in [1.82, 2.24) is 0 Å². The predicted molar refractivity (Wildman–Crippen MR) is 107 cm³/mol. The van der Waals surface area contributed by atoms with Gasteiger partial charge in [-0.2, -0.15) is 0 Å². The summed E-state index contributed by atoms with van der Waals surface area (Å²) in [6, 6.07) is 12.2. The Morgan fingerprint density at radius 2 is 1.65 bits per heavy atom. The maximum absolute atomic E-state index is 12.4. The first kappa shape index (κ1) is 19.8. The van der Waals surface area contributed by atoms with Gasteiger partial charge in [0, 0.05) is 17.1 Å². The van der Waals surface area contributed by atoms with E-state index in [9.17, 15) is 13.2 Å². The van der Waals surface area contributed by atoms with Crippen LogP contribution in [-0.2, 0) is 14.8 Å². The molecule has 0 fully saturated rings. The molecule has 2 aromatic rings. The lowest BCUT2D eigenvalue weighted by molar-refractivity contribution is -0.116. The Balaban J connectivity index is 1.98. The number of amides is 1. The van der Waals surface area contributed by atoms with Crippen molar-refractivity contribution in [2.45, 2.75) is 33.7 Å². The van der Waals surface area contributed by atoms with Gasteiger partial charge in [0.2, 0.25) is 15.9 Å². The number of anilines is 3.